The van der Waals surface area contributed by atoms with E-state index in [9.17, 15) is 4.79 Å². The van der Waals surface area contributed by atoms with Crippen LogP contribution in [0.5, 0.6) is 5.75 Å². The van der Waals surface area contributed by atoms with Crippen molar-refractivity contribution >= 4 is 23.4 Å². The maximum absolute atomic E-state index is 12.2. The molecule has 2 heterocycles. The smallest absolute Gasteiger partial charge is 0.273 e. The lowest BCUT2D eigenvalue weighted by Crippen LogP contribution is -2.35. The summed E-state index contributed by atoms with van der Waals surface area (Å²) in [5.41, 5.74) is 8.29. The van der Waals surface area contributed by atoms with Crippen molar-refractivity contribution in [1.82, 2.24) is 20.8 Å². The van der Waals surface area contributed by atoms with Gasteiger partial charge in [0, 0.05) is 23.7 Å². The van der Waals surface area contributed by atoms with Crippen molar-refractivity contribution in [3.8, 4) is 5.75 Å². The number of carbonyl (C=O) groups excluding carboxylic acids is 1. The van der Waals surface area contributed by atoms with Gasteiger partial charge in [-0.15, -0.1) is 0 Å². The number of hydrogen-bond acceptors (Lipinski definition) is 7. The second-order valence-corrected chi connectivity index (χ2v) is 6.74. The van der Waals surface area contributed by atoms with Crippen molar-refractivity contribution in [3.63, 3.8) is 0 Å². The van der Waals surface area contributed by atoms with Crippen LogP contribution in [0.25, 0.3) is 5.70 Å². The Hall–Kier alpha value is -3.26. The molecule has 0 atom stereocenters. The van der Waals surface area contributed by atoms with Crippen LogP contribution < -0.4 is 15.6 Å². The van der Waals surface area contributed by atoms with Gasteiger partial charge in [-0.3, -0.25) is 15.6 Å². The molecule has 0 spiro atoms. The van der Waals surface area contributed by atoms with E-state index in [1.807, 2.05) is 18.2 Å². The predicted octanol–water partition coefficient (Wildman–Crippen LogP) is 3.58. The molecule has 3 rings (SSSR count). The molecule has 0 unspecified atom stereocenters. The monoisotopic (exact) mass is 396 g/mol. The molecule has 0 aliphatic heterocycles. The van der Waals surface area contributed by atoms with Crippen molar-refractivity contribution in [2.75, 3.05) is 7.11 Å². The number of benzene rings is 1. The highest BCUT2D eigenvalue weighted by atomic mass is 32.2. The maximum atomic E-state index is 12.2. The molecule has 7 nitrogen and oxygen atoms in total. The second-order valence-electron chi connectivity index (χ2n) is 5.79. The summed E-state index contributed by atoms with van der Waals surface area (Å²) in [5, 5.41) is 0.689. The molecule has 0 saturated carbocycles. The number of ether oxygens (including phenoxy) is 1. The van der Waals surface area contributed by atoms with Gasteiger partial charge in [-0.1, -0.05) is 18.3 Å². The number of carbonyl (C=O) groups is 1. The fraction of sp³-hybridized carbons (Fsp3) is 0.150. The Kier molecular flexibility index (Phi) is 6.33. The Morgan fingerprint density at radius 3 is 2.71 bits per heavy atom. The van der Waals surface area contributed by atoms with E-state index in [0.717, 1.165) is 16.9 Å². The molecule has 0 fully saturated rings. The first-order valence-electron chi connectivity index (χ1n) is 8.45. The zero-order valence-electron chi connectivity index (χ0n) is 15.6. The molecule has 144 valence electrons. The Morgan fingerprint density at radius 2 is 2.04 bits per heavy atom. The first-order chi connectivity index (χ1) is 13.6. The van der Waals surface area contributed by atoms with Crippen LogP contribution in [-0.4, -0.2) is 23.0 Å². The highest BCUT2D eigenvalue weighted by molar-refractivity contribution is 7.98. The number of nitrogens with zero attached hydrogens (tertiary/aromatic N) is 2. The molecule has 0 bridgehead atoms. The van der Waals surface area contributed by atoms with Gasteiger partial charge in [-0.05, 0) is 42.8 Å². The number of hydrogen-bond donors (Lipinski definition) is 2. The predicted molar refractivity (Wildman–Crippen MR) is 108 cm³/mol. The Bertz CT molecular complexity index is 973. The molecule has 0 saturated heterocycles. The molecular weight excluding hydrogens is 376 g/mol. The van der Waals surface area contributed by atoms with E-state index < -0.39 is 0 Å². The molecule has 2 aromatic heterocycles. The van der Waals surface area contributed by atoms with Gasteiger partial charge in [0.2, 0.25) is 0 Å². The fourth-order valence-corrected chi connectivity index (χ4v) is 3.25. The van der Waals surface area contributed by atoms with Crippen LogP contribution in [0.3, 0.4) is 0 Å². The van der Waals surface area contributed by atoms with E-state index in [-0.39, 0.29) is 5.91 Å². The Morgan fingerprint density at radius 1 is 1.25 bits per heavy atom. The lowest BCUT2D eigenvalue weighted by molar-refractivity contribution is 0.0941. The van der Waals surface area contributed by atoms with Gasteiger partial charge in [0.15, 0.2) is 5.16 Å². The van der Waals surface area contributed by atoms with Gasteiger partial charge in [-0.25, -0.2) is 9.97 Å². The minimum atomic E-state index is -0.294. The van der Waals surface area contributed by atoms with Crippen molar-refractivity contribution < 1.29 is 13.9 Å². The van der Waals surface area contributed by atoms with Gasteiger partial charge in [-0.2, -0.15) is 0 Å². The third-order valence-corrected chi connectivity index (χ3v) is 4.88. The molecule has 0 radical (unpaired) electrons. The summed E-state index contributed by atoms with van der Waals surface area (Å²) in [6, 6.07) is 9.09. The number of methoxy groups -OCH3 is 1. The average Bonchev–Trinajstić information content (AvgIpc) is 3.16. The Labute approximate surface area is 167 Å². The first kappa shape index (κ1) is 19.5. The third-order valence-electron chi connectivity index (χ3n) is 3.96. The number of furan rings is 1. The summed E-state index contributed by atoms with van der Waals surface area (Å²) in [7, 11) is 1.63. The number of thioether (sulfide) groups is 1. The number of aryl methyl sites for hydroxylation is 1. The fourth-order valence-electron chi connectivity index (χ4n) is 2.47. The van der Waals surface area contributed by atoms with Crippen LogP contribution in [0.2, 0.25) is 0 Å². The number of rotatable bonds is 8. The maximum Gasteiger partial charge on any atom is 0.273 e. The summed E-state index contributed by atoms with van der Waals surface area (Å²) in [6.45, 7) is 5.72. The number of nitrogens with one attached hydrogen (secondary N) is 2. The SMILES string of the molecule is C=C(NNC(=O)c1ccoc1C)c1ccc(OC)c(CSc2ncccn2)c1. The van der Waals surface area contributed by atoms with E-state index in [1.54, 1.807) is 38.6 Å². The minimum absolute atomic E-state index is 0.294. The van der Waals surface area contributed by atoms with Gasteiger partial charge in [0.25, 0.3) is 5.91 Å². The largest absolute Gasteiger partial charge is 0.496 e. The summed E-state index contributed by atoms with van der Waals surface area (Å²) in [5.74, 6) is 1.65. The second kappa shape index (κ2) is 9.09. The van der Waals surface area contributed by atoms with Crippen LogP contribution in [0.1, 0.15) is 27.2 Å². The standard InChI is InChI=1S/C20H20N4O3S/c1-13(23-24-19(25)17-7-10-27-14(17)2)15-5-6-18(26-3)16(11-15)12-28-20-21-8-4-9-22-20/h4-11,23H,1,12H2,2-3H3,(H,24,25). The molecule has 28 heavy (non-hydrogen) atoms. The molecular formula is C20H20N4O3S. The normalized spacial score (nSPS) is 10.4. The van der Waals surface area contributed by atoms with E-state index >= 15 is 0 Å². The lowest BCUT2D eigenvalue weighted by Gasteiger charge is -2.14. The minimum Gasteiger partial charge on any atom is -0.496 e. The molecule has 1 amide bonds. The topological polar surface area (TPSA) is 89.3 Å². The molecule has 2 N–H and O–H groups in total. The molecule has 0 aliphatic carbocycles. The summed E-state index contributed by atoms with van der Waals surface area (Å²) in [6.07, 6.45) is 4.89. The number of hydrazine groups is 1. The van der Waals surface area contributed by atoms with E-state index in [4.69, 9.17) is 9.15 Å². The van der Waals surface area contributed by atoms with Crippen LogP contribution >= 0.6 is 11.8 Å². The molecule has 1 aromatic carbocycles. The first-order valence-corrected chi connectivity index (χ1v) is 9.43. The number of aromatic nitrogens is 2. The van der Waals surface area contributed by atoms with Crippen LogP contribution in [0.15, 0.2) is 65.1 Å². The summed E-state index contributed by atoms with van der Waals surface area (Å²) >= 11 is 1.51. The average molecular weight is 396 g/mol. The summed E-state index contributed by atoms with van der Waals surface area (Å²) < 4.78 is 10.6. The van der Waals surface area contributed by atoms with E-state index in [0.29, 0.717) is 27.9 Å². The van der Waals surface area contributed by atoms with E-state index in [2.05, 4.69) is 27.4 Å². The van der Waals surface area contributed by atoms with Gasteiger partial charge in [0.05, 0.1) is 24.6 Å². The third kappa shape index (κ3) is 4.72. The lowest BCUT2D eigenvalue weighted by atomic mass is 10.1. The molecule has 0 aliphatic rings. The van der Waals surface area contributed by atoms with Gasteiger partial charge in [0.1, 0.15) is 11.5 Å². The quantitative estimate of drug-likeness (QED) is 0.342. The zero-order valence-corrected chi connectivity index (χ0v) is 16.4. The van der Waals surface area contributed by atoms with Crippen molar-refractivity contribution in [3.05, 3.63) is 78.0 Å². The molecule has 8 heteroatoms. The number of amides is 1. The molecule has 3 aromatic rings. The van der Waals surface area contributed by atoms with E-state index in [1.165, 1.54) is 18.0 Å². The summed E-state index contributed by atoms with van der Waals surface area (Å²) in [4.78, 5) is 20.6. The van der Waals surface area contributed by atoms with Crippen molar-refractivity contribution in [1.29, 1.82) is 0 Å². The highest BCUT2D eigenvalue weighted by Crippen LogP contribution is 2.28. The van der Waals surface area contributed by atoms with Crippen LogP contribution in [-0.2, 0) is 5.75 Å². The highest BCUT2D eigenvalue weighted by Gasteiger charge is 2.12. The van der Waals surface area contributed by atoms with Gasteiger partial charge < -0.3 is 9.15 Å². The van der Waals surface area contributed by atoms with Gasteiger partial charge >= 0.3 is 0 Å². The van der Waals surface area contributed by atoms with Crippen molar-refractivity contribution in [2.24, 2.45) is 0 Å². The van der Waals surface area contributed by atoms with Crippen LogP contribution in [0.4, 0.5) is 0 Å². The Balaban J connectivity index is 1.66. The zero-order chi connectivity index (χ0) is 19.9. The van der Waals surface area contributed by atoms with Crippen LogP contribution in [0, 0.1) is 6.92 Å². The van der Waals surface area contributed by atoms with Crippen molar-refractivity contribution in [2.45, 2.75) is 17.8 Å².